The highest BCUT2D eigenvalue weighted by atomic mass is 35.7. The van der Waals surface area contributed by atoms with Crippen LogP contribution in [0.15, 0.2) is 0 Å². The summed E-state index contributed by atoms with van der Waals surface area (Å²) in [6.45, 7) is 0. The average Bonchev–Trinajstić information content (AvgIpc) is 2.10. The molecular formula is C8H13ClO2S. The topological polar surface area (TPSA) is 34.1 Å². The van der Waals surface area contributed by atoms with Crippen molar-refractivity contribution < 1.29 is 8.42 Å². The molecule has 4 heteroatoms. The van der Waals surface area contributed by atoms with Crippen LogP contribution >= 0.6 is 10.7 Å². The Kier molecular flexibility index (Phi) is 2.11. The van der Waals surface area contributed by atoms with Gasteiger partial charge in [0.25, 0.3) is 0 Å². The van der Waals surface area contributed by atoms with Crippen LogP contribution < -0.4 is 0 Å². The first-order valence-electron chi connectivity index (χ1n) is 4.47. The van der Waals surface area contributed by atoms with Crippen LogP contribution in [0.1, 0.15) is 25.7 Å². The van der Waals surface area contributed by atoms with E-state index in [1.54, 1.807) is 0 Å². The first-order chi connectivity index (χ1) is 5.54. The molecule has 3 atom stereocenters. The standard InChI is InChI=1S/C8H13ClO2S/c9-12(10,11)5-6-3-7-1-2-8(7)4-6/h6-8H,1-5H2/t6?,7-,8+. The van der Waals surface area contributed by atoms with Gasteiger partial charge in [-0.3, -0.25) is 0 Å². The Morgan fingerprint density at radius 3 is 2.00 bits per heavy atom. The highest BCUT2D eigenvalue weighted by Crippen LogP contribution is 2.49. The van der Waals surface area contributed by atoms with Gasteiger partial charge in [0.05, 0.1) is 5.75 Å². The Labute approximate surface area is 77.7 Å². The molecule has 70 valence electrons. The highest BCUT2D eigenvalue weighted by molar-refractivity contribution is 8.13. The molecule has 2 aliphatic carbocycles. The molecule has 0 aliphatic heterocycles. The summed E-state index contributed by atoms with van der Waals surface area (Å²) in [6, 6.07) is 0. The third kappa shape index (κ3) is 1.77. The van der Waals surface area contributed by atoms with E-state index in [1.165, 1.54) is 12.8 Å². The molecule has 0 amide bonds. The summed E-state index contributed by atoms with van der Waals surface area (Å²) in [5.74, 6) is 2.20. The fraction of sp³-hybridized carbons (Fsp3) is 1.00. The van der Waals surface area contributed by atoms with Crippen LogP contribution in [0, 0.1) is 17.8 Å². The predicted molar refractivity (Wildman–Crippen MR) is 48.6 cm³/mol. The molecule has 0 bridgehead atoms. The molecular weight excluding hydrogens is 196 g/mol. The molecule has 0 saturated heterocycles. The van der Waals surface area contributed by atoms with Gasteiger partial charge in [0.15, 0.2) is 0 Å². The van der Waals surface area contributed by atoms with Crippen molar-refractivity contribution in [3.05, 3.63) is 0 Å². The van der Waals surface area contributed by atoms with Crippen LogP contribution in [0.2, 0.25) is 0 Å². The van der Waals surface area contributed by atoms with Crippen LogP contribution in [0.4, 0.5) is 0 Å². The predicted octanol–water partition coefficient (Wildman–Crippen LogP) is 1.99. The average molecular weight is 209 g/mol. The molecule has 0 radical (unpaired) electrons. The second kappa shape index (κ2) is 2.88. The van der Waals surface area contributed by atoms with Crippen molar-refractivity contribution in [2.45, 2.75) is 25.7 Å². The second-order valence-electron chi connectivity index (χ2n) is 4.14. The van der Waals surface area contributed by atoms with Crippen LogP contribution in [-0.2, 0) is 9.05 Å². The van der Waals surface area contributed by atoms with E-state index >= 15 is 0 Å². The summed E-state index contributed by atoms with van der Waals surface area (Å²) < 4.78 is 21.6. The van der Waals surface area contributed by atoms with Crippen molar-refractivity contribution in [2.75, 3.05) is 5.75 Å². The Balaban J connectivity index is 1.91. The fourth-order valence-electron chi connectivity index (χ4n) is 2.63. The van der Waals surface area contributed by atoms with Gasteiger partial charge in [0.1, 0.15) is 0 Å². The molecule has 2 aliphatic rings. The van der Waals surface area contributed by atoms with Crippen molar-refractivity contribution in [1.29, 1.82) is 0 Å². The molecule has 2 nitrogen and oxygen atoms in total. The van der Waals surface area contributed by atoms with Crippen molar-refractivity contribution in [2.24, 2.45) is 17.8 Å². The molecule has 0 aromatic heterocycles. The SMILES string of the molecule is O=S(=O)(Cl)CC1C[C@H]2CC[C@H]2C1. The maximum absolute atomic E-state index is 10.8. The summed E-state index contributed by atoms with van der Waals surface area (Å²) in [5.41, 5.74) is 0. The van der Waals surface area contributed by atoms with Crippen LogP contribution in [-0.4, -0.2) is 14.2 Å². The summed E-state index contributed by atoms with van der Waals surface area (Å²) >= 11 is 0. The van der Waals surface area contributed by atoms with E-state index in [4.69, 9.17) is 10.7 Å². The molecule has 2 saturated carbocycles. The molecule has 0 N–H and O–H groups in total. The molecule has 12 heavy (non-hydrogen) atoms. The first-order valence-corrected chi connectivity index (χ1v) is 6.95. The molecule has 0 heterocycles. The molecule has 0 aromatic carbocycles. The zero-order valence-corrected chi connectivity index (χ0v) is 8.44. The van der Waals surface area contributed by atoms with Crippen molar-refractivity contribution in [3.63, 3.8) is 0 Å². The van der Waals surface area contributed by atoms with E-state index in [9.17, 15) is 8.42 Å². The minimum Gasteiger partial charge on any atom is -0.212 e. The lowest BCUT2D eigenvalue weighted by atomic mass is 9.77. The normalized spacial score (nSPS) is 40.6. The Morgan fingerprint density at radius 1 is 1.17 bits per heavy atom. The van der Waals surface area contributed by atoms with Gasteiger partial charge in [0.2, 0.25) is 9.05 Å². The number of fused-ring (bicyclic) bond motifs is 1. The maximum Gasteiger partial charge on any atom is 0.232 e. The summed E-state index contributed by atoms with van der Waals surface area (Å²) in [5, 5.41) is 0. The lowest BCUT2D eigenvalue weighted by Gasteiger charge is -2.29. The summed E-state index contributed by atoms with van der Waals surface area (Å²) in [7, 11) is 1.95. The van der Waals surface area contributed by atoms with Crippen molar-refractivity contribution >= 4 is 19.7 Å². The van der Waals surface area contributed by atoms with E-state index in [0.717, 1.165) is 24.7 Å². The van der Waals surface area contributed by atoms with Crippen LogP contribution in [0.3, 0.4) is 0 Å². The fourth-order valence-corrected chi connectivity index (χ4v) is 4.00. The monoisotopic (exact) mass is 208 g/mol. The minimum absolute atomic E-state index is 0.196. The van der Waals surface area contributed by atoms with E-state index in [0.29, 0.717) is 5.92 Å². The Morgan fingerprint density at radius 2 is 1.67 bits per heavy atom. The zero-order valence-electron chi connectivity index (χ0n) is 6.87. The van der Waals surface area contributed by atoms with E-state index < -0.39 is 9.05 Å². The van der Waals surface area contributed by atoms with E-state index in [2.05, 4.69) is 0 Å². The molecule has 1 unspecified atom stereocenters. The number of hydrogen-bond acceptors (Lipinski definition) is 2. The smallest absolute Gasteiger partial charge is 0.212 e. The van der Waals surface area contributed by atoms with Crippen LogP contribution in [0.5, 0.6) is 0 Å². The second-order valence-corrected chi connectivity index (χ2v) is 6.96. The van der Waals surface area contributed by atoms with E-state index in [1.807, 2.05) is 0 Å². The number of rotatable bonds is 2. The number of hydrogen-bond donors (Lipinski definition) is 0. The van der Waals surface area contributed by atoms with Gasteiger partial charge in [0, 0.05) is 10.7 Å². The highest BCUT2D eigenvalue weighted by Gasteiger charge is 2.41. The summed E-state index contributed by atoms with van der Waals surface area (Å²) in [6.07, 6.45) is 4.81. The first kappa shape index (κ1) is 8.82. The third-order valence-electron chi connectivity index (χ3n) is 3.28. The van der Waals surface area contributed by atoms with Gasteiger partial charge >= 0.3 is 0 Å². The maximum atomic E-state index is 10.8. The van der Waals surface area contributed by atoms with Gasteiger partial charge in [-0.1, -0.05) is 0 Å². The van der Waals surface area contributed by atoms with Crippen molar-refractivity contribution in [1.82, 2.24) is 0 Å². The number of halogens is 1. The van der Waals surface area contributed by atoms with E-state index in [-0.39, 0.29) is 5.75 Å². The molecule has 0 aromatic rings. The molecule has 0 spiro atoms. The van der Waals surface area contributed by atoms with Gasteiger partial charge in [-0.25, -0.2) is 8.42 Å². The molecule has 2 fully saturated rings. The van der Waals surface area contributed by atoms with Crippen LogP contribution in [0.25, 0.3) is 0 Å². The van der Waals surface area contributed by atoms with Gasteiger partial charge in [-0.05, 0) is 43.4 Å². The summed E-state index contributed by atoms with van der Waals surface area (Å²) in [4.78, 5) is 0. The zero-order chi connectivity index (χ0) is 8.77. The third-order valence-corrected chi connectivity index (χ3v) is 4.53. The Bertz CT molecular complexity index is 261. The molecule has 2 rings (SSSR count). The minimum atomic E-state index is -3.25. The lowest BCUT2D eigenvalue weighted by molar-refractivity contribution is 0.219. The Hall–Kier alpha value is 0.240. The van der Waals surface area contributed by atoms with Crippen molar-refractivity contribution in [3.8, 4) is 0 Å². The van der Waals surface area contributed by atoms with Gasteiger partial charge < -0.3 is 0 Å². The largest absolute Gasteiger partial charge is 0.232 e. The van der Waals surface area contributed by atoms with Gasteiger partial charge in [-0.2, -0.15) is 0 Å². The quantitative estimate of drug-likeness (QED) is 0.651. The van der Waals surface area contributed by atoms with Gasteiger partial charge in [-0.15, -0.1) is 0 Å². The lowest BCUT2D eigenvalue weighted by Crippen LogP contribution is -2.18.